The fourth-order valence-corrected chi connectivity index (χ4v) is 3.97. The van der Waals surface area contributed by atoms with Crippen molar-refractivity contribution in [2.24, 2.45) is 0 Å². The number of rotatable bonds is 4. The maximum absolute atomic E-state index is 14.2. The highest BCUT2D eigenvalue weighted by molar-refractivity contribution is 6.30. The van der Waals surface area contributed by atoms with E-state index in [1.807, 2.05) is 0 Å². The quantitative estimate of drug-likeness (QED) is 0.646. The SMILES string of the molecule is CN(C)CC12OC(=O)C(=O)OC1CCCC2(O)Cc1ccccc1F. The Hall–Kier alpha value is -1.99. The number of hydrogen-bond donors (Lipinski definition) is 1. The van der Waals surface area contributed by atoms with Crippen molar-refractivity contribution in [2.45, 2.75) is 43.0 Å². The Morgan fingerprint density at radius 1 is 1.28 bits per heavy atom. The van der Waals surface area contributed by atoms with Gasteiger partial charge < -0.3 is 19.5 Å². The van der Waals surface area contributed by atoms with Crippen LogP contribution in [0.4, 0.5) is 4.39 Å². The number of likely N-dealkylation sites (N-methyl/N-ethyl adjacent to an activating group) is 1. The Labute approximate surface area is 145 Å². The second kappa shape index (κ2) is 6.38. The zero-order valence-electron chi connectivity index (χ0n) is 14.3. The van der Waals surface area contributed by atoms with Gasteiger partial charge in [-0.1, -0.05) is 18.2 Å². The van der Waals surface area contributed by atoms with Crippen molar-refractivity contribution in [2.75, 3.05) is 20.6 Å². The number of ether oxygens (including phenoxy) is 2. The van der Waals surface area contributed by atoms with E-state index in [9.17, 15) is 19.1 Å². The number of carbonyl (C=O) groups excluding carboxylic acids is 2. The van der Waals surface area contributed by atoms with Crippen molar-refractivity contribution in [1.29, 1.82) is 0 Å². The molecule has 3 atom stereocenters. The first kappa shape index (κ1) is 17.8. The normalized spacial score (nSPS) is 32.1. The van der Waals surface area contributed by atoms with Crippen LogP contribution in [-0.2, 0) is 25.5 Å². The van der Waals surface area contributed by atoms with Gasteiger partial charge in [-0.05, 0) is 45.0 Å². The van der Waals surface area contributed by atoms with Gasteiger partial charge in [0.1, 0.15) is 17.5 Å². The highest BCUT2D eigenvalue weighted by Crippen LogP contribution is 2.46. The number of benzene rings is 1. The predicted molar refractivity (Wildman–Crippen MR) is 86.2 cm³/mol. The second-order valence-corrected chi connectivity index (χ2v) is 7.10. The van der Waals surface area contributed by atoms with E-state index in [0.717, 1.165) is 0 Å². The van der Waals surface area contributed by atoms with Crippen LogP contribution in [-0.4, -0.2) is 59.9 Å². The molecule has 0 radical (unpaired) electrons. The van der Waals surface area contributed by atoms with Gasteiger partial charge in [0, 0.05) is 13.0 Å². The number of fused-ring (bicyclic) bond motifs is 1. The molecule has 3 unspecified atom stereocenters. The van der Waals surface area contributed by atoms with Gasteiger partial charge in [-0.3, -0.25) is 0 Å². The minimum Gasteiger partial charge on any atom is -0.450 e. The van der Waals surface area contributed by atoms with Crippen LogP contribution in [0.25, 0.3) is 0 Å². The van der Waals surface area contributed by atoms with Crippen LogP contribution in [0.2, 0.25) is 0 Å². The maximum atomic E-state index is 14.2. The molecule has 0 bridgehead atoms. The van der Waals surface area contributed by atoms with E-state index < -0.39 is 35.1 Å². The van der Waals surface area contributed by atoms with Gasteiger partial charge in [0.25, 0.3) is 0 Å². The minimum absolute atomic E-state index is 0.0329. The molecule has 0 aromatic heterocycles. The lowest BCUT2D eigenvalue weighted by atomic mass is 9.66. The number of nitrogens with zero attached hydrogens (tertiary/aromatic N) is 1. The van der Waals surface area contributed by atoms with E-state index in [2.05, 4.69) is 0 Å². The van der Waals surface area contributed by atoms with E-state index in [1.54, 1.807) is 37.2 Å². The lowest BCUT2D eigenvalue weighted by Crippen LogP contribution is -2.73. The number of hydrogen-bond acceptors (Lipinski definition) is 6. The molecule has 1 saturated heterocycles. The highest BCUT2D eigenvalue weighted by atomic mass is 19.1. The lowest BCUT2D eigenvalue weighted by molar-refractivity contribution is -0.270. The van der Waals surface area contributed by atoms with Crippen molar-refractivity contribution in [3.05, 3.63) is 35.6 Å². The summed E-state index contributed by atoms with van der Waals surface area (Å²) in [5, 5.41) is 11.5. The summed E-state index contributed by atoms with van der Waals surface area (Å²) < 4.78 is 24.9. The number of halogens is 1. The van der Waals surface area contributed by atoms with Crippen LogP contribution in [0.5, 0.6) is 0 Å². The zero-order chi connectivity index (χ0) is 18.2. The summed E-state index contributed by atoms with van der Waals surface area (Å²) >= 11 is 0. The third-order valence-corrected chi connectivity index (χ3v) is 5.05. The molecule has 1 heterocycles. The molecule has 25 heavy (non-hydrogen) atoms. The standard InChI is InChI=1S/C18H22FNO5/c1-20(2)11-18-14(24-15(21)16(22)25-18)8-5-9-17(18,23)10-12-6-3-4-7-13(12)19/h3-4,6-7,14,23H,5,8-11H2,1-2H3. The van der Waals surface area contributed by atoms with E-state index in [4.69, 9.17) is 9.47 Å². The van der Waals surface area contributed by atoms with Gasteiger partial charge in [-0.2, -0.15) is 0 Å². The summed E-state index contributed by atoms with van der Waals surface area (Å²) in [6.45, 7) is 0.168. The Morgan fingerprint density at radius 3 is 2.68 bits per heavy atom. The van der Waals surface area contributed by atoms with Crippen molar-refractivity contribution in [3.63, 3.8) is 0 Å². The van der Waals surface area contributed by atoms with Gasteiger partial charge in [-0.25, -0.2) is 14.0 Å². The summed E-state index contributed by atoms with van der Waals surface area (Å²) in [5.74, 6) is -2.60. The lowest BCUT2D eigenvalue weighted by Gasteiger charge is -2.55. The predicted octanol–water partition coefficient (Wildman–Crippen LogP) is 1.05. The molecule has 2 fully saturated rings. The molecule has 0 amide bonds. The fourth-order valence-electron chi connectivity index (χ4n) is 3.97. The smallest absolute Gasteiger partial charge is 0.418 e. The molecule has 6 nitrogen and oxygen atoms in total. The summed E-state index contributed by atoms with van der Waals surface area (Å²) in [6, 6.07) is 6.18. The highest BCUT2D eigenvalue weighted by Gasteiger charge is 2.64. The average molecular weight is 351 g/mol. The van der Waals surface area contributed by atoms with E-state index in [-0.39, 0.29) is 13.0 Å². The van der Waals surface area contributed by atoms with Gasteiger partial charge in [0.15, 0.2) is 5.60 Å². The average Bonchev–Trinajstić information content (AvgIpc) is 2.52. The fraction of sp³-hybridized carbons (Fsp3) is 0.556. The van der Waals surface area contributed by atoms with E-state index >= 15 is 0 Å². The molecule has 1 aliphatic carbocycles. The van der Waals surface area contributed by atoms with E-state index in [1.165, 1.54) is 6.07 Å². The monoisotopic (exact) mass is 351 g/mol. The molecule has 3 rings (SSSR count). The minimum atomic E-state index is -1.54. The topological polar surface area (TPSA) is 76.1 Å². The Morgan fingerprint density at radius 2 is 2.00 bits per heavy atom. The number of carbonyl (C=O) groups is 2. The second-order valence-electron chi connectivity index (χ2n) is 7.10. The van der Waals surface area contributed by atoms with Crippen LogP contribution in [0.1, 0.15) is 24.8 Å². The van der Waals surface area contributed by atoms with Crippen LogP contribution in [0, 0.1) is 5.82 Å². The van der Waals surface area contributed by atoms with E-state index in [0.29, 0.717) is 24.8 Å². The third kappa shape index (κ3) is 3.02. The summed E-state index contributed by atoms with van der Waals surface area (Å²) in [6.07, 6.45) is 0.582. The third-order valence-electron chi connectivity index (χ3n) is 5.05. The molecule has 7 heteroatoms. The van der Waals surface area contributed by atoms with Gasteiger partial charge >= 0.3 is 11.9 Å². The van der Waals surface area contributed by atoms with Crippen LogP contribution in [0.3, 0.4) is 0 Å². The molecule has 1 aromatic rings. The first-order valence-corrected chi connectivity index (χ1v) is 8.32. The van der Waals surface area contributed by atoms with Gasteiger partial charge in [-0.15, -0.1) is 0 Å². The van der Waals surface area contributed by atoms with Crippen molar-refractivity contribution in [1.82, 2.24) is 4.90 Å². The summed E-state index contributed by atoms with van der Waals surface area (Å²) in [7, 11) is 3.54. The molecule has 0 spiro atoms. The molecule has 1 N–H and O–H groups in total. The first-order chi connectivity index (χ1) is 11.8. The molecule has 1 aromatic carbocycles. The molecule has 1 saturated carbocycles. The first-order valence-electron chi connectivity index (χ1n) is 8.32. The van der Waals surface area contributed by atoms with Crippen LogP contribution < -0.4 is 0 Å². The molecular weight excluding hydrogens is 329 g/mol. The molecular formula is C18H22FNO5. The molecule has 1 aliphatic heterocycles. The Bertz CT molecular complexity index is 694. The molecule has 2 aliphatic rings. The number of esters is 2. The van der Waals surface area contributed by atoms with Crippen molar-refractivity contribution in [3.8, 4) is 0 Å². The summed E-state index contributed by atoms with van der Waals surface area (Å²) in [4.78, 5) is 25.4. The van der Waals surface area contributed by atoms with Crippen LogP contribution >= 0.6 is 0 Å². The van der Waals surface area contributed by atoms with Gasteiger partial charge in [0.05, 0.1) is 0 Å². The Kier molecular flexibility index (Phi) is 4.55. The Balaban J connectivity index is 2.04. The molecule has 136 valence electrons. The van der Waals surface area contributed by atoms with Crippen molar-refractivity contribution >= 4 is 11.9 Å². The number of aliphatic hydroxyl groups is 1. The maximum Gasteiger partial charge on any atom is 0.418 e. The van der Waals surface area contributed by atoms with Crippen molar-refractivity contribution < 1.29 is 28.6 Å². The largest absolute Gasteiger partial charge is 0.450 e. The van der Waals surface area contributed by atoms with Gasteiger partial charge in [0.2, 0.25) is 0 Å². The zero-order valence-corrected chi connectivity index (χ0v) is 14.3. The van der Waals surface area contributed by atoms with Crippen LogP contribution in [0.15, 0.2) is 24.3 Å². The summed E-state index contributed by atoms with van der Waals surface area (Å²) in [5.41, 5.74) is -2.64.